The molecule has 8 heteroatoms. The third-order valence-corrected chi connectivity index (χ3v) is 7.10. The lowest BCUT2D eigenvalue weighted by Gasteiger charge is -2.39. The molecule has 4 rings (SSSR count). The second-order valence-corrected chi connectivity index (χ2v) is 11.1. The van der Waals surface area contributed by atoms with Gasteiger partial charge in [-0.25, -0.2) is 10.2 Å². The maximum absolute atomic E-state index is 12.8. The zero-order chi connectivity index (χ0) is 26.5. The highest BCUT2D eigenvalue weighted by Crippen LogP contribution is 2.32. The van der Waals surface area contributed by atoms with Crippen molar-refractivity contribution in [3.8, 4) is 5.75 Å². The lowest BCUT2D eigenvalue weighted by molar-refractivity contribution is -0.130. The van der Waals surface area contributed by atoms with Crippen LogP contribution in [0.25, 0.3) is 0 Å². The quantitative estimate of drug-likeness (QED) is 0.549. The highest BCUT2D eigenvalue weighted by Gasteiger charge is 2.44. The maximum atomic E-state index is 12.8. The number of likely N-dealkylation sites (tertiary alicyclic amines) is 1. The summed E-state index contributed by atoms with van der Waals surface area (Å²) in [5, 5.41) is 4.83. The van der Waals surface area contributed by atoms with Crippen molar-refractivity contribution >= 4 is 12.0 Å². The van der Waals surface area contributed by atoms with Gasteiger partial charge in [-0.2, -0.15) is 0 Å². The number of carbonyl (C=O) groups excluding carboxylic acids is 2. The maximum Gasteiger partial charge on any atom is 0.408 e. The summed E-state index contributed by atoms with van der Waals surface area (Å²) < 4.78 is 10.7. The van der Waals surface area contributed by atoms with Gasteiger partial charge in [-0.1, -0.05) is 42.5 Å². The van der Waals surface area contributed by atoms with Gasteiger partial charge in [0.05, 0.1) is 19.7 Å². The number of amides is 2. The standard InChI is InChI=1S/C29H40N4O4/c1-28(2,3)37-27(35)30-25(23-8-6-5-7-9-23)14-17-32-18-15-29(16-19-32)20-26(34)33(31-29)21-22-10-12-24(36-4)13-11-22/h5-13,25,31H,14-21H2,1-4H3,(H,30,35)/t25-/m0/s1. The number of methoxy groups -OCH3 is 1. The fourth-order valence-electron chi connectivity index (χ4n) is 5.08. The SMILES string of the molecule is COc1ccc(CN2NC3(CCN(CC[C@H](NC(=O)OC(C)(C)C)c4ccccc4)CC3)CC2=O)cc1. The minimum atomic E-state index is -0.542. The molecule has 2 amide bonds. The molecule has 2 heterocycles. The fraction of sp³-hybridized carbons (Fsp3) is 0.517. The Balaban J connectivity index is 1.29. The lowest BCUT2D eigenvalue weighted by Crippen LogP contribution is -2.53. The van der Waals surface area contributed by atoms with Gasteiger partial charge < -0.3 is 19.7 Å². The summed E-state index contributed by atoms with van der Waals surface area (Å²) >= 11 is 0. The van der Waals surface area contributed by atoms with Crippen LogP contribution in [0.15, 0.2) is 54.6 Å². The van der Waals surface area contributed by atoms with Gasteiger partial charge in [0, 0.05) is 18.5 Å². The molecule has 2 saturated heterocycles. The van der Waals surface area contributed by atoms with Crippen LogP contribution < -0.4 is 15.5 Å². The van der Waals surface area contributed by atoms with Gasteiger partial charge in [0.15, 0.2) is 0 Å². The second kappa shape index (κ2) is 11.5. The first kappa shape index (κ1) is 26.9. The number of hydrogen-bond acceptors (Lipinski definition) is 6. The van der Waals surface area contributed by atoms with E-state index >= 15 is 0 Å². The highest BCUT2D eigenvalue weighted by molar-refractivity contribution is 5.79. The molecule has 2 aliphatic rings. The third-order valence-electron chi connectivity index (χ3n) is 7.10. The van der Waals surface area contributed by atoms with E-state index < -0.39 is 11.7 Å². The Labute approximate surface area is 220 Å². The van der Waals surface area contributed by atoms with E-state index in [1.54, 1.807) is 12.1 Å². The molecule has 200 valence electrons. The number of rotatable bonds is 8. The van der Waals surface area contributed by atoms with Crippen molar-refractivity contribution in [1.82, 2.24) is 20.7 Å². The van der Waals surface area contributed by atoms with Crippen molar-refractivity contribution < 1.29 is 19.1 Å². The summed E-state index contributed by atoms with van der Waals surface area (Å²) in [6.45, 7) is 8.82. The second-order valence-electron chi connectivity index (χ2n) is 11.1. The fourth-order valence-corrected chi connectivity index (χ4v) is 5.08. The molecule has 1 spiro atoms. The summed E-state index contributed by atoms with van der Waals surface area (Å²) in [5.41, 5.74) is 4.97. The number of carbonyl (C=O) groups is 2. The molecule has 0 aromatic heterocycles. The molecular formula is C29H40N4O4. The minimum absolute atomic E-state index is 0.127. The van der Waals surface area contributed by atoms with E-state index in [2.05, 4.69) is 15.6 Å². The number of nitrogens with one attached hydrogen (secondary N) is 2. The molecule has 37 heavy (non-hydrogen) atoms. The Morgan fingerprint density at radius 2 is 1.76 bits per heavy atom. The molecule has 0 radical (unpaired) electrons. The summed E-state index contributed by atoms with van der Waals surface area (Å²) in [6, 6.07) is 17.7. The van der Waals surface area contributed by atoms with E-state index in [-0.39, 0.29) is 17.5 Å². The van der Waals surface area contributed by atoms with Crippen molar-refractivity contribution in [2.24, 2.45) is 0 Å². The van der Waals surface area contributed by atoms with Crippen LogP contribution in [0.3, 0.4) is 0 Å². The molecule has 0 unspecified atom stereocenters. The van der Waals surface area contributed by atoms with Crippen LogP contribution in [0, 0.1) is 0 Å². The first-order valence-corrected chi connectivity index (χ1v) is 13.1. The number of benzene rings is 2. The lowest BCUT2D eigenvalue weighted by atomic mass is 9.86. The summed E-state index contributed by atoms with van der Waals surface area (Å²) in [7, 11) is 1.65. The third kappa shape index (κ3) is 7.46. The molecule has 2 aliphatic heterocycles. The zero-order valence-electron chi connectivity index (χ0n) is 22.5. The van der Waals surface area contributed by atoms with Gasteiger partial charge in [-0.05, 0) is 76.4 Å². The van der Waals surface area contributed by atoms with Crippen LogP contribution in [0.4, 0.5) is 4.79 Å². The minimum Gasteiger partial charge on any atom is -0.497 e. The molecule has 8 nitrogen and oxygen atoms in total. The molecular weight excluding hydrogens is 468 g/mol. The Bertz CT molecular complexity index is 1040. The van der Waals surface area contributed by atoms with Crippen molar-refractivity contribution in [2.75, 3.05) is 26.7 Å². The highest BCUT2D eigenvalue weighted by atomic mass is 16.6. The van der Waals surface area contributed by atoms with E-state index in [1.165, 1.54) is 0 Å². The van der Waals surface area contributed by atoms with Crippen LogP contribution in [0.5, 0.6) is 5.75 Å². The van der Waals surface area contributed by atoms with Crippen LogP contribution in [0.1, 0.15) is 63.6 Å². The van der Waals surface area contributed by atoms with Crippen LogP contribution in [0.2, 0.25) is 0 Å². The predicted molar refractivity (Wildman–Crippen MR) is 143 cm³/mol. The van der Waals surface area contributed by atoms with Crippen LogP contribution in [-0.2, 0) is 16.1 Å². The molecule has 0 aliphatic carbocycles. The van der Waals surface area contributed by atoms with Crippen molar-refractivity contribution in [3.05, 3.63) is 65.7 Å². The van der Waals surface area contributed by atoms with E-state index in [1.807, 2.05) is 75.4 Å². The van der Waals surface area contributed by atoms with Crippen molar-refractivity contribution in [1.29, 1.82) is 0 Å². The van der Waals surface area contributed by atoms with Crippen molar-refractivity contribution in [2.45, 2.75) is 70.2 Å². The number of piperidine rings is 1. The molecule has 0 bridgehead atoms. The van der Waals surface area contributed by atoms with Gasteiger partial charge in [-0.15, -0.1) is 0 Å². The average Bonchev–Trinajstić information content (AvgIpc) is 3.16. The van der Waals surface area contributed by atoms with Crippen molar-refractivity contribution in [3.63, 3.8) is 0 Å². The summed E-state index contributed by atoms with van der Waals surface area (Å²) in [6.07, 6.45) is 2.74. The summed E-state index contributed by atoms with van der Waals surface area (Å²) in [5.74, 6) is 0.957. The number of nitrogens with zero attached hydrogens (tertiary/aromatic N) is 2. The number of alkyl carbamates (subject to hydrolysis) is 1. The predicted octanol–water partition coefficient (Wildman–Crippen LogP) is 4.42. The van der Waals surface area contributed by atoms with Gasteiger partial charge in [0.2, 0.25) is 5.91 Å². The smallest absolute Gasteiger partial charge is 0.408 e. The number of hydrogen-bond donors (Lipinski definition) is 2. The Kier molecular flexibility index (Phi) is 8.39. The van der Waals surface area contributed by atoms with E-state index in [9.17, 15) is 9.59 Å². The first-order valence-electron chi connectivity index (χ1n) is 13.1. The monoisotopic (exact) mass is 508 g/mol. The Morgan fingerprint density at radius 1 is 1.08 bits per heavy atom. The van der Waals surface area contributed by atoms with Gasteiger partial charge in [0.25, 0.3) is 0 Å². The van der Waals surface area contributed by atoms with Crippen LogP contribution in [-0.4, -0.2) is 59.8 Å². The average molecular weight is 509 g/mol. The first-order chi connectivity index (χ1) is 17.6. The van der Waals surface area contributed by atoms with Gasteiger partial charge in [-0.3, -0.25) is 9.80 Å². The topological polar surface area (TPSA) is 83.1 Å². The Hall–Kier alpha value is -3.10. The molecule has 1 atom stereocenters. The molecule has 2 fully saturated rings. The Morgan fingerprint density at radius 3 is 2.38 bits per heavy atom. The number of ether oxygens (including phenoxy) is 2. The number of hydrazine groups is 1. The van der Waals surface area contributed by atoms with E-state index in [0.29, 0.717) is 13.0 Å². The van der Waals surface area contributed by atoms with E-state index in [4.69, 9.17) is 9.47 Å². The molecule has 2 N–H and O–H groups in total. The molecule has 2 aromatic carbocycles. The van der Waals surface area contributed by atoms with Gasteiger partial charge in [0.1, 0.15) is 11.4 Å². The molecule has 0 saturated carbocycles. The normalized spacial score (nSPS) is 18.6. The van der Waals surface area contributed by atoms with Gasteiger partial charge >= 0.3 is 6.09 Å². The zero-order valence-corrected chi connectivity index (χ0v) is 22.5. The van der Waals surface area contributed by atoms with Crippen LogP contribution >= 0.6 is 0 Å². The molecule has 2 aromatic rings. The summed E-state index contributed by atoms with van der Waals surface area (Å²) in [4.78, 5) is 27.7. The van der Waals surface area contributed by atoms with E-state index in [0.717, 1.165) is 55.8 Å². The largest absolute Gasteiger partial charge is 0.497 e.